The summed E-state index contributed by atoms with van der Waals surface area (Å²) in [6.45, 7) is 0. The molecule has 0 saturated heterocycles. The van der Waals surface area contributed by atoms with Gasteiger partial charge in [-0.1, -0.05) is 0 Å². The van der Waals surface area contributed by atoms with Crippen LogP contribution in [0.5, 0.6) is 0 Å². The Morgan fingerprint density at radius 2 is 1.65 bits per heavy atom. The second-order valence-corrected chi connectivity index (χ2v) is 7.07. The summed E-state index contributed by atoms with van der Waals surface area (Å²) < 4.78 is 1.37. The normalized spacial score (nSPS) is 22.4. The van der Waals surface area contributed by atoms with E-state index in [0.717, 1.165) is 12.0 Å². The second-order valence-electron chi connectivity index (χ2n) is 4.32. The molecular weight excluding hydrogens is 275 g/mol. The molecular formula is C15H14OSe. The summed E-state index contributed by atoms with van der Waals surface area (Å²) in [5.41, 5.74) is 2.46. The Morgan fingerprint density at radius 3 is 2.41 bits per heavy atom. The molecule has 3 rings (SSSR count). The first kappa shape index (κ1) is 11.0. The number of benzene rings is 2. The summed E-state index contributed by atoms with van der Waals surface area (Å²) in [6, 6.07) is 18.8. The quantitative estimate of drug-likeness (QED) is 0.839. The van der Waals surface area contributed by atoms with Crippen LogP contribution in [0.1, 0.15) is 17.2 Å². The summed E-state index contributed by atoms with van der Waals surface area (Å²) in [4.78, 5) is 0.391. The topological polar surface area (TPSA) is 20.2 Å². The molecule has 2 heteroatoms. The van der Waals surface area contributed by atoms with E-state index in [1.165, 1.54) is 10.0 Å². The van der Waals surface area contributed by atoms with Crippen LogP contribution >= 0.6 is 0 Å². The summed E-state index contributed by atoms with van der Waals surface area (Å²) in [7, 11) is 0. The minimum absolute atomic E-state index is 0.272. The van der Waals surface area contributed by atoms with Crippen molar-refractivity contribution in [3.63, 3.8) is 0 Å². The predicted octanol–water partition coefficient (Wildman–Crippen LogP) is 2.09. The van der Waals surface area contributed by atoms with Crippen molar-refractivity contribution in [1.29, 1.82) is 0 Å². The van der Waals surface area contributed by atoms with Gasteiger partial charge in [0.25, 0.3) is 0 Å². The fourth-order valence-corrected chi connectivity index (χ4v) is 4.84. The van der Waals surface area contributed by atoms with Gasteiger partial charge in [0.2, 0.25) is 0 Å². The van der Waals surface area contributed by atoms with Gasteiger partial charge in [-0.25, -0.2) is 0 Å². The molecule has 0 saturated carbocycles. The number of hydrogen-bond donors (Lipinski definition) is 1. The van der Waals surface area contributed by atoms with Crippen molar-refractivity contribution in [2.45, 2.75) is 17.3 Å². The van der Waals surface area contributed by atoms with E-state index < -0.39 is 0 Å². The Hall–Kier alpha value is -1.08. The van der Waals surface area contributed by atoms with Crippen LogP contribution in [0.4, 0.5) is 0 Å². The number of hydrogen-bond acceptors (Lipinski definition) is 1. The Bertz CT molecular complexity index is 509. The third-order valence-corrected chi connectivity index (χ3v) is 5.85. The maximum absolute atomic E-state index is 10.3. The molecule has 1 nitrogen and oxygen atoms in total. The average molecular weight is 289 g/mol. The van der Waals surface area contributed by atoms with E-state index in [2.05, 4.69) is 42.5 Å². The molecule has 0 unspecified atom stereocenters. The number of aliphatic hydroxyl groups excluding tert-OH is 1. The third kappa shape index (κ3) is 2.16. The van der Waals surface area contributed by atoms with Crippen LogP contribution < -0.4 is 4.46 Å². The van der Waals surface area contributed by atoms with Gasteiger partial charge in [-0.3, -0.25) is 0 Å². The summed E-state index contributed by atoms with van der Waals surface area (Å²) in [5.74, 6) is 0. The standard InChI is InChI=1S/C15H14OSe/c16-15-13-9-5-4-6-11(13)10-14(15)17-12-7-2-1-3-8-12/h1-9,14-16H,10H2/t14-,15-/m1/s1. The third-order valence-electron chi connectivity index (χ3n) is 3.18. The van der Waals surface area contributed by atoms with Gasteiger partial charge in [0.1, 0.15) is 0 Å². The summed E-state index contributed by atoms with van der Waals surface area (Å²) in [6.07, 6.45) is 0.748. The average Bonchev–Trinajstić information content (AvgIpc) is 2.68. The van der Waals surface area contributed by atoms with Crippen LogP contribution in [0.3, 0.4) is 0 Å². The summed E-state index contributed by atoms with van der Waals surface area (Å²) >= 11 is 0.347. The molecule has 1 aliphatic rings. The van der Waals surface area contributed by atoms with Crippen molar-refractivity contribution in [3.8, 4) is 0 Å². The zero-order valence-corrected chi connectivity index (χ0v) is 11.1. The fraction of sp³-hybridized carbons (Fsp3) is 0.200. The van der Waals surface area contributed by atoms with Gasteiger partial charge in [0.15, 0.2) is 0 Å². The van der Waals surface area contributed by atoms with Crippen molar-refractivity contribution in [1.82, 2.24) is 0 Å². The Labute approximate surface area is 108 Å². The molecule has 0 fully saturated rings. The molecule has 86 valence electrons. The van der Waals surface area contributed by atoms with E-state index in [1.54, 1.807) is 0 Å². The summed E-state index contributed by atoms with van der Waals surface area (Å²) in [5, 5.41) is 10.3. The molecule has 1 aliphatic carbocycles. The van der Waals surface area contributed by atoms with E-state index in [9.17, 15) is 5.11 Å². The zero-order chi connectivity index (χ0) is 11.7. The van der Waals surface area contributed by atoms with Crippen molar-refractivity contribution < 1.29 is 5.11 Å². The first-order valence-electron chi connectivity index (χ1n) is 5.82. The SMILES string of the molecule is O[C@@H]1c2ccccc2C[C@H]1[Se]c1ccccc1. The van der Waals surface area contributed by atoms with Gasteiger partial charge in [-0.05, 0) is 0 Å². The fourth-order valence-electron chi connectivity index (χ4n) is 2.32. The number of rotatable bonds is 2. The number of fused-ring (bicyclic) bond motifs is 1. The molecule has 2 aromatic carbocycles. The van der Waals surface area contributed by atoms with Gasteiger partial charge < -0.3 is 0 Å². The molecule has 17 heavy (non-hydrogen) atoms. The Kier molecular flexibility index (Phi) is 3.02. The second kappa shape index (κ2) is 4.66. The molecule has 2 aromatic rings. The molecule has 2 atom stereocenters. The van der Waals surface area contributed by atoms with Crippen LogP contribution in [-0.4, -0.2) is 20.1 Å². The van der Waals surface area contributed by atoms with Crippen LogP contribution in [-0.2, 0) is 6.42 Å². The maximum atomic E-state index is 10.3. The minimum atomic E-state index is -0.272. The van der Waals surface area contributed by atoms with Crippen molar-refractivity contribution in [2.24, 2.45) is 0 Å². The van der Waals surface area contributed by atoms with Crippen molar-refractivity contribution in [2.75, 3.05) is 0 Å². The Morgan fingerprint density at radius 1 is 0.941 bits per heavy atom. The van der Waals surface area contributed by atoms with Gasteiger partial charge in [0, 0.05) is 0 Å². The van der Waals surface area contributed by atoms with E-state index in [-0.39, 0.29) is 6.10 Å². The van der Waals surface area contributed by atoms with Crippen LogP contribution in [0.25, 0.3) is 0 Å². The first-order chi connectivity index (χ1) is 8.34. The van der Waals surface area contributed by atoms with Gasteiger partial charge >= 0.3 is 108 Å². The van der Waals surface area contributed by atoms with Crippen molar-refractivity contribution in [3.05, 3.63) is 65.7 Å². The first-order valence-corrected chi connectivity index (χ1v) is 7.67. The number of aliphatic hydroxyl groups is 1. The Balaban J connectivity index is 1.81. The molecule has 0 aromatic heterocycles. The molecule has 0 radical (unpaired) electrons. The molecule has 0 amide bonds. The molecule has 0 heterocycles. The van der Waals surface area contributed by atoms with Crippen LogP contribution in [0.2, 0.25) is 4.82 Å². The van der Waals surface area contributed by atoms with Gasteiger partial charge in [0.05, 0.1) is 0 Å². The van der Waals surface area contributed by atoms with E-state index >= 15 is 0 Å². The molecule has 0 bridgehead atoms. The van der Waals surface area contributed by atoms with E-state index in [1.807, 2.05) is 12.1 Å². The van der Waals surface area contributed by atoms with Crippen molar-refractivity contribution >= 4 is 19.4 Å². The molecule has 0 aliphatic heterocycles. The molecule has 0 spiro atoms. The van der Waals surface area contributed by atoms with E-state index in [0.29, 0.717) is 19.8 Å². The van der Waals surface area contributed by atoms with Crippen LogP contribution in [0.15, 0.2) is 54.6 Å². The van der Waals surface area contributed by atoms with E-state index in [4.69, 9.17) is 0 Å². The van der Waals surface area contributed by atoms with Crippen LogP contribution in [0, 0.1) is 0 Å². The molecule has 1 N–H and O–H groups in total. The van der Waals surface area contributed by atoms with Gasteiger partial charge in [-0.15, -0.1) is 0 Å². The predicted molar refractivity (Wildman–Crippen MR) is 70.7 cm³/mol. The van der Waals surface area contributed by atoms with Gasteiger partial charge in [-0.2, -0.15) is 0 Å². The zero-order valence-electron chi connectivity index (χ0n) is 9.41. The monoisotopic (exact) mass is 290 g/mol.